The lowest BCUT2D eigenvalue weighted by Gasteiger charge is -2.39. The van der Waals surface area contributed by atoms with Gasteiger partial charge in [0.05, 0.1) is 7.11 Å². The van der Waals surface area contributed by atoms with Crippen LogP contribution in [-0.2, 0) is 4.79 Å². The maximum atomic E-state index is 11.5. The highest BCUT2D eigenvalue weighted by molar-refractivity contribution is 6.30. The lowest BCUT2D eigenvalue weighted by atomic mass is 9.94. The van der Waals surface area contributed by atoms with E-state index in [1.165, 1.54) is 0 Å². The van der Waals surface area contributed by atoms with Crippen LogP contribution in [0.5, 0.6) is 5.75 Å². The van der Waals surface area contributed by atoms with Crippen LogP contribution in [0.25, 0.3) is 0 Å². The van der Waals surface area contributed by atoms with E-state index in [0.717, 1.165) is 37.1 Å². The van der Waals surface area contributed by atoms with E-state index in [2.05, 4.69) is 11.8 Å². The van der Waals surface area contributed by atoms with Gasteiger partial charge >= 0.3 is 5.97 Å². The molecule has 0 amide bonds. The molecule has 2 atom stereocenters. The molecule has 1 N–H and O–H groups in total. The first-order valence-electron chi connectivity index (χ1n) is 7.40. The van der Waals surface area contributed by atoms with E-state index in [0.29, 0.717) is 11.4 Å². The number of benzene rings is 1. The van der Waals surface area contributed by atoms with Crippen molar-refractivity contribution in [2.75, 3.05) is 13.7 Å². The third-order valence-electron chi connectivity index (χ3n) is 4.17. The van der Waals surface area contributed by atoms with Gasteiger partial charge in [-0.15, -0.1) is 0 Å². The topological polar surface area (TPSA) is 49.8 Å². The molecule has 0 saturated carbocycles. The molecule has 116 valence electrons. The Morgan fingerprint density at radius 3 is 2.90 bits per heavy atom. The van der Waals surface area contributed by atoms with Crippen LogP contribution in [0.4, 0.5) is 0 Å². The minimum atomic E-state index is -0.742. The summed E-state index contributed by atoms with van der Waals surface area (Å²) in [6.45, 7) is 2.86. The van der Waals surface area contributed by atoms with Crippen LogP contribution in [0.3, 0.4) is 0 Å². The normalized spacial score (nSPS) is 21.0. The van der Waals surface area contributed by atoms with Crippen molar-refractivity contribution in [3.63, 3.8) is 0 Å². The third kappa shape index (κ3) is 3.50. The van der Waals surface area contributed by atoms with Gasteiger partial charge in [-0.25, -0.2) is 0 Å². The number of nitrogens with zero attached hydrogens (tertiary/aromatic N) is 1. The molecule has 0 aliphatic carbocycles. The molecule has 0 spiro atoms. The maximum Gasteiger partial charge on any atom is 0.320 e. The second-order valence-electron chi connectivity index (χ2n) is 5.40. The summed E-state index contributed by atoms with van der Waals surface area (Å²) in [5.41, 5.74) is 0.973. The molecule has 1 aromatic rings. The number of ether oxygens (including phenoxy) is 1. The van der Waals surface area contributed by atoms with E-state index in [4.69, 9.17) is 16.3 Å². The van der Waals surface area contributed by atoms with Gasteiger partial charge in [-0.1, -0.05) is 24.9 Å². The quantitative estimate of drug-likeness (QED) is 0.900. The molecule has 21 heavy (non-hydrogen) atoms. The summed E-state index contributed by atoms with van der Waals surface area (Å²) in [5.74, 6) is 0.0232. The average Bonchev–Trinajstić information content (AvgIpc) is 2.48. The number of methoxy groups -OCH3 is 1. The summed E-state index contributed by atoms with van der Waals surface area (Å²) in [6.07, 6.45) is 3.52. The zero-order chi connectivity index (χ0) is 15.4. The van der Waals surface area contributed by atoms with Gasteiger partial charge in [0.2, 0.25) is 0 Å². The Morgan fingerprint density at radius 1 is 1.52 bits per heavy atom. The molecular weight excluding hydrogens is 290 g/mol. The second-order valence-corrected chi connectivity index (χ2v) is 5.83. The highest BCUT2D eigenvalue weighted by Gasteiger charge is 2.34. The van der Waals surface area contributed by atoms with Crippen LogP contribution >= 0.6 is 11.6 Å². The number of hydrogen-bond acceptors (Lipinski definition) is 3. The number of halogens is 1. The fraction of sp³-hybridized carbons (Fsp3) is 0.562. The molecule has 1 saturated heterocycles. The van der Waals surface area contributed by atoms with Crippen LogP contribution in [0.15, 0.2) is 18.2 Å². The van der Waals surface area contributed by atoms with Crippen molar-refractivity contribution in [2.24, 2.45) is 0 Å². The van der Waals surface area contributed by atoms with Crippen molar-refractivity contribution < 1.29 is 14.6 Å². The Kier molecular flexibility index (Phi) is 5.48. The fourth-order valence-corrected chi connectivity index (χ4v) is 3.37. The summed E-state index contributed by atoms with van der Waals surface area (Å²) in [4.78, 5) is 13.6. The van der Waals surface area contributed by atoms with Crippen molar-refractivity contribution in [3.8, 4) is 5.75 Å². The lowest BCUT2D eigenvalue weighted by molar-refractivity contribution is -0.146. The molecule has 0 bridgehead atoms. The highest BCUT2D eigenvalue weighted by Crippen LogP contribution is 2.37. The molecule has 0 aromatic heterocycles. The monoisotopic (exact) mass is 311 g/mol. The Morgan fingerprint density at radius 2 is 2.29 bits per heavy atom. The van der Waals surface area contributed by atoms with E-state index >= 15 is 0 Å². The second kappa shape index (κ2) is 7.14. The van der Waals surface area contributed by atoms with Gasteiger partial charge in [-0.2, -0.15) is 0 Å². The molecule has 2 rings (SSSR count). The molecule has 1 fully saturated rings. The van der Waals surface area contributed by atoms with Crippen molar-refractivity contribution in [1.29, 1.82) is 0 Å². The predicted molar refractivity (Wildman–Crippen MR) is 83.0 cm³/mol. The standard InChI is InChI=1S/C16H22ClNO3/c1-3-13(12-10-11(17)7-8-15(12)21-2)18-9-5-4-6-14(18)16(19)20/h7-8,10,13-14H,3-6,9H2,1-2H3,(H,19,20). The van der Waals surface area contributed by atoms with Crippen LogP contribution in [0.2, 0.25) is 5.02 Å². The first-order chi connectivity index (χ1) is 10.1. The number of likely N-dealkylation sites (tertiary alicyclic amines) is 1. The molecule has 4 nitrogen and oxygen atoms in total. The van der Waals surface area contributed by atoms with E-state index in [9.17, 15) is 9.90 Å². The van der Waals surface area contributed by atoms with Gasteiger partial charge in [0, 0.05) is 16.6 Å². The van der Waals surface area contributed by atoms with Crippen molar-refractivity contribution in [2.45, 2.75) is 44.7 Å². The Balaban J connectivity index is 2.38. The molecule has 0 radical (unpaired) electrons. The van der Waals surface area contributed by atoms with Crippen molar-refractivity contribution >= 4 is 17.6 Å². The first kappa shape index (κ1) is 16.1. The summed E-state index contributed by atoms with van der Waals surface area (Å²) in [6, 6.07) is 5.12. The first-order valence-corrected chi connectivity index (χ1v) is 7.78. The van der Waals surface area contributed by atoms with Gasteiger partial charge in [-0.3, -0.25) is 9.69 Å². The smallest absolute Gasteiger partial charge is 0.320 e. The number of carboxylic acids is 1. The van der Waals surface area contributed by atoms with Gasteiger partial charge in [-0.05, 0) is 44.0 Å². The van der Waals surface area contributed by atoms with Crippen molar-refractivity contribution in [3.05, 3.63) is 28.8 Å². The van der Waals surface area contributed by atoms with Gasteiger partial charge in [0.1, 0.15) is 11.8 Å². The number of piperidine rings is 1. The molecule has 2 unspecified atom stereocenters. The summed E-state index contributed by atoms with van der Waals surface area (Å²) >= 11 is 6.12. The number of rotatable bonds is 5. The SMILES string of the molecule is CCC(c1cc(Cl)ccc1OC)N1CCCCC1C(=O)O. The zero-order valence-corrected chi connectivity index (χ0v) is 13.3. The third-order valence-corrected chi connectivity index (χ3v) is 4.40. The fourth-order valence-electron chi connectivity index (χ4n) is 3.19. The molecule has 1 heterocycles. The highest BCUT2D eigenvalue weighted by atomic mass is 35.5. The maximum absolute atomic E-state index is 11.5. The minimum Gasteiger partial charge on any atom is -0.496 e. The van der Waals surface area contributed by atoms with Crippen LogP contribution in [-0.4, -0.2) is 35.7 Å². The molecule has 1 aliphatic heterocycles. The summed E-state index contributed by atoms with van der Waals surface area (Å²) in [5, 5.41) is 10.1. The Hall–Kier alpha value is -1.26. The number of carbonyl (C=O) groups is 1. The number of carboxylic acid groups (broad SMARTS) is 1. The van der Waals surface area contributed by atoms with E-state index < -0.39 is 12.0 Å². The zero-order valence-electron chi connectivity index (χ0n) is 12.5. The van der Waals surface area contributed by atoms with Gasteiger partial charge in [0.15, 0.2) is 0 Å². The predicted octanol–water partition coefficient (Wildman–Crippen LogP) is 3.74. The largest absolute Gasteiger partial charge is 0.496 e. The lowest BCUT2D eigenvalue weighted by Crippen LogP contribution is -2.46. The minimum absolute atomic E-state index is 0.0139. The summed E-state index contributed by atoms with van der Waals surface area (Å²) < 4.78 is 5.44. The summed E-state index contributed by atoms with van der Waals surface area (Å²) in [7, 11) is 1.63. The van der Waals surface area contributed by atoms with Crippen LogP contribution in [0, 0.1) is 0 Å². The number of hydrogen-bond donors (Lipinski definition) is 1. The van der Waals surface area contributed by atoms with E-state index in [1.807, 2.05) is 12.1 Å². The molecule has 5 heteroatoms. The Labute approximate surface area is 130 Å². The van der Waals surface area contributed by atoms with Crippen LogP contribution in [0.1, 0.15) is 44.2 Å². The van der Waals surface area contributed by atoms with Gasteiger partial charge in [0.25, 0.3) is 0 Å². The Bertz CT molecular complexity index is 506. The van der Waals surface area contributed by atoms with Crippen molar-refractivity contribution in [1.82, 2.24) is 4.90 Å². The van der Waals surface area contributed by atoms with E-state index in [1.54, 1.807) is 13.2 Å². The molecule has 1 aliphatic rings. The van der Waals surface area contributed by atoms with E-state index in [-0.39, 0.29) is 6.04 Å². The van der Waals surface area contributed by atoms with Crippen LogP contribution < -0.4 is 4.74 Å². The molecular formula is C16H22ClNO3. The molecule has 1 aromatic carbocycles. The average molecular weight is 312 g/mol. The van der Waals surface area contributed by atoms with Gasteiger partial charge < -0.3 is 9.84 Å². The number of aliphatic carboxylic acids is 1.